The highest BCUT2D eigenvalue weighted by Crippen LogP contribution is 2.39. The SMILES string of the molecule is OC1(c2sccc2Cl)CCOCC1. The lowest BCUT2D eigenvalue weighted by molar-refractivity contribution is -0.0655. The third-order valence-corrected chi connectivity index (χ3v) is 3.89. The molecule has 1 aliphatic heterocycles. The normalized spacial score (nSPS) is 21.7. The maximum absolute atomic E-state index is 10.3. The molecule has 1 aliphatic rings. The Morgan fingerprint density at radius 2 is 2.15 bits per heavy atom. The lowest BCUT2D eigenvalue weighted by Crippen LogP contribution is -2.32. The molecule has 13 heavy (non-hydrogen) atoms. The van der Waals surface area contributed by atoms with Gasteiger partial charge in [-0.3, -0.25) is 0 Å². The Morgan fingerprint density at radius 1 is 1.46 bits per heavy atom. The fourth-order valence-electron chi connectivity index (χ4n) is 1.56. The second-order valence-electron chi connectivity index (χ2n) is 3.24. The molecule has 2 heterocycles. The van der Waals surface area contributed by atoms with Crippen molar-refractivity contribution < 1.29 is 9.84 Å². The Kier molecular flexibility index (Phi) is 2.60. The van der Waals surface area contributed by atoms with Crippen molar-refractivity contribution in [3.8, 4) is 0 Å². The van der Waals surface area contributed by atoms with Crippen LogP contribution in [0.5, 0.6) is 0 Å². The Morgan fingerprint density at radius 3 is 2.69 bits per heavy atom. The molecule has 2 rings (SSSR count). The van der Waals surface area contributed by atoms with Gasteiger partial charge in [0.1, 0.15) is 5.60 Å². The Labute approximate surface area is 86.1 Å². The highest BCUT2D eigenvalue weighted by molar-refractivity contribution is 7.10. The zero-order valence-corrected chi connectivity index (χ0v) is 8.70. The molecule has 0 bridgehead atoms. The van der Waals surface area contributed by atoms with Gasteiger partial charge in [-0.25, -0.2) is 0 Å². The molecule has 0 atom stereocenters. The van der Waals surface area contributed by atoms with Gasteiger partial charge in [-0.1, -0.05) is 11.6 Å². The van der Waals surface area contributed by atoms with Crippen LogP contribution in [0.1, 0.15) is 17.7 Å². The third kappa shape index (κ3) is 1.74. The van der Waals surface area contributed by atoms with Gasteiger partial charge in [-0.15, -0.1) is 11.3 Å². The van der Waals surface area contributed by atoms with Gasteiger partial charge in [-0.2, -0.15) is 0 Å². The molecule has 1 saturated heterocycles. The van der Waals surface area contributed by atoms with Gasteiger partial charge in [0.2, 0.25) is 0 Å². The minimum atomic E-state index is -0.747. The minimum absolute atomic E-state index is 0.616. The second-order valence-corrected chi connectivity index (χ2v) is 4.56. The number of rotatable bonds is 1. The largest absolute Gasteiger partial charge is 0.384 e. The van der Waals surface area contributed by atoms with Crippen molar-refractivity contribution in [2.24, 2.45) is 0 Å². The summed E-state index contributed by atoms with van der Waals surface area (Å²) in [6.07, 6.45) is 1.29. The lowest BCUT2D eigenvalue weighted by atomic mass is 9.93. The van der Waals surface area contributed by atoms with Gasteiger partial charge in [0.25, 0.3) is 0 Å². The highest BCUT2D eigenvalue weighted by Gasteiger charge is 2.34. The molecule has 4 heteroatoms. The standard InChI is InChI=1S/C9H11ClO2S/c10-7-1-6-13-8(7)9(11)2-4-12-5-3-9/h1,6,11H,2-5H2. The number of ether oxygens (including phenoxy) is 1. The first-order valence-corrected chi connectivity index (χ1v) is 5.52. The summed E-state index contributed by atoms with van der Waals surface area (Å²) in [5, 5.41) is 12.8. The van der Waals surface area contributed by atoms with E-state index in [-0.39, 0.29) is 0 Å². The number of halogens is 1. The van der Waals surface area contributed by atoms with Crippen LogP contribution in [0, 0.1) is 0 Å². The Balaban J connectivity index is 2.27. The maximum Gasteiger partial charge on any atom is 0.105 e. The van der Waals surface area contributed by atoms with E-state index < -0.39 is 5.60 Å². The van der Waals surface area contributed by atoms with Crippen molar-refractivity contribution in [1.29, 1.82) is 0 Å². The molecule has 0 spiro atoms. The molecule has 0 saturated carbocycles. The van der Waals surface area contributed by atoms with Crippen LogP contribution in [0.3, 0.4) is 0 Å². The molecule has 0 aliphatic carbocycles. The summed E-state index contributed by atoms with van der Waals surface area (Å²) in [5.41, 5.74) is -0.747. The average Bonchev–Trinajstić information content (AvgIpc) is 2.53. The van der Waals surface area contributed by atoms with E-state index in [1.807, 2.05) is 11.4 Å². The van der Waals surface area contributed by atoms with Crippen molar-refractivity contribution in [2.45, 2.75) is 18.4 Å². The summed E-state index contributed by atoms with van der Waals surface area (Å²) in [4.78, 5) is 0.887. The van der Waals surface area contributed by atoms with Crippen molar-refractivity contribution >= 4 is 22.9 Å². The quantitative estimate of drug-likeness (QED) is 0.785. The van der Waals surface area contributed by atoms with Crippen LogP contribution in [-0.4, -0.2) is 18.3 Å². The molecule has 0 unspecified atom stereocenters. The van der Waals surface area contributed by atoms with Crippen molar-refractivity contribution in [3.05, 3.63) is 21.3 Å². The molecule has 0 radical (unpaired) electrons. The number of hydrogen-bond acceptors (Lipinski definition) is 3. The summed E-state index contributed by atoms with van der Waals surface area (Å²) in [6, 6.07) is 1.83. The van der Waals surface area contributed by atoms with E-state index in [9.17, 15) is 5.11 Å². The van der Waals surface area contributed by atoms with Crippen molar-refractivity contribution in [2.75, 3.05) is 13.2 Å². The van der Waals surface area contributed by atoms with Gasteiger partial charge in [0.05, 0.1) is 9.90 Å². The Bertz CT molecular complexity index is 292. The maximum atomic E-state index is 10.3. The van der Waals surface area contributed by atoms with Gasteiger partial charge in [0, 0.05) is 26.1 Å². The summed E-state index contributed by atoms with van der Waals surface area (Å²) >= 11 is 7.49. The monoisotopic (exact) mass is 218 g/mol. The van der Waals surface area contributed by atoms with Crippen LogP contribution in [0.25, 0.3) is 0 Å². The fraction of sp³-hybridized carbons (Fsp3) is 0.556. The summed E-state index contributed by atoms with van der Waals surface area (Å²) in [5.74, 6) is 0. The first-order chi connectivity index (χ1) is 6.22. The highest BCUT2D eigenvalue weighted by atomic mass is 35.5. The van der Waals surface area contributed by atoms with Gasteiger partial charge in [-0.05, 0) is 11.4 Å². The van der Waals surface area contributed by atoms with Crippen LogP contribution >= 0.6 is 22.9 Å². The molecule has 2 nitrogen and oxygen atoms in total. The van der Waals surface area contributed by atoms with Crippen LogP contribution in [0.15, 0.2) is 11.4 Å². The first-order valence-electron chi connectivity index (χ1n) is 4.26. The van der Waals surface area contributed by atoms with E-state index in [2.05, 4.69) is 0 Å². The molecular weight excluding hydrogens is 208 g/mol. The van der Waals surface area contributed by atoms with E-state index >= 15 is 0 Å². The zero-order valence-electron chi connectivity index (χ0n) is 7.12. The topological polar surface area (TPSA) is 29.5 Å². The summed E-state index contributed by atoms with van der Waals surface area (Å²) in [7, 11) is 0. The van der Waals surface area contributed by atoms with Crippen LogP contribution in [0.4, 0.5) is 0 Å². The predicted molar refractivity (Wildman–Crippen MR) is 53.3 cm³/mol. The molecule has 1 aromatic rings. The first kappa shape index (κ1) is 9.46. The predicted octanol–water partition coefficient (Wildman–Crippen LogP) is 2.40. The van der Waals surface area contributed by atoms with E-state index in [1.54, 1.807) is 0 Å². The smallest absolute Gasteiger partial charge is 0.105 e. The number of thiophene rings is 1. The molecule has 1 aromatic heterocycles. The third-order valence-electron chi connectivity index (χ3n) is 2.36. The van der Waals surface area contributed by atoms with Gasteiger partial charge in [0.15, 0.2) is 0 Å². The summed E-state index contributed by atoms with van der Waals surface area (Å²) < 4.78 is 5.20. The molecular formula is C9H11ClO2S. The number of hydrogen-bond donors (Lipinski definition) is 1. The van der Waals surface area contributed by atoms with Gasteiger partial charge < -0.3 is 9.84 Å². The fourth-order valence-corrected chi connectivity index (χ4v) is 2.95. The van der Waals surface area contributed by atoms with Crippen LogP contribution in [-0.2, 0) is 10.3 Å². The summed E-state index contributed by atoms with van der Waals surface area (Å²) in [6.45, 7) is 1.23. The molecule has 1 N–H and O–H groups in total. The van der Waals surface area contributed by atoms with E-state index in [4.69, 9.17) is 16.3 Å². The average molecular weight is 219 g/mol. The zero-order chi connectivity index (χ0) is 9.31. The van der Waals surface area contributed by atoms with E-state index in [0.717, 1.165) is 4.88 Å². The van der Waals surface area contributed by atoms with E-state index in [1.165, 1.54) is 11.3 Å². The van der Waals surface area contributed by atoms with Crippen molar-refractivity contribution in [1.82, 2.24) is 0 Å². The Hall–Kier alpha value is -0.0900. The minimum Gasteiger partial charge on any atom is -0.384 e. The molecule has 72 valence electrons. The van der Waals surface area contributed by atoms with Crippen LogP contribution in [0.2, 0.25) is 5.02 Å². The van der Waals surface area contributed by atoms with E-state index in [0.29, 0.717) is 31.1 Å². The van der Waals surface area contributed by atoms with Gasteiger partial charge >= 0.3 is 0 Å². The van der Waals surface area contributed by atoms with Crippen LogP contribution < -0.4 is 0 Å². The lowest BCUT2D eigenvalue weighted by Gasteiger charge is -2.31. The number of aliphatic hydroxyl groups is 1. The second kappa shape index (κ2) is 3.58. The molecule has 0 aromatic carbocycles. The molecule has 0 amide bonds. The molecule has 1 fully saturated rings. The van der Waals surface area contributed by atoms with Crippen molar-refractivity contribution in [3.63, 3.8) is 0 Å².